The molecule has 1 aliphatic heterocycles. The first-order valence-corrected chi connectivity index (χ1v) is 7.97. The molecule has 3 rings (SSSR count). The number of hydrogen-bond acceptors (Lipinski definition) is 3. The number of carbonyl (C=O) groups is 2. The zero-order valence-corrected chi connectivity index (χ0v) is 13.6. The second-order valence-electron chi connectivity index (χ2n) is 5.74. The molecule has 1 saturated heterocycles. The zero-order chi connectivity index (χ0) is 16.9. The number of ether oxygens (including phenoxy) is 1. The van der Waals surface area contributed by atoms with E-state index in [9.17, 15) is 9.59 Å². The fourth-order valence-electron chi connectivity index (χ4n) is 2.88. The smallest absolute Gasteiger partial charge is 0.261 e. The summed E-state index contributed by atoms with van der Waals surface area (Å²) >= 11 is 0. The number of nitrogens with zero attached hydrogens (tertiary/aromatic N) is 1. The van der Waals surface area contributed by atoms with Crippen molar-refractivity contribution < 1.29 is 14.3 Å². The maximum Gasteiger partial charge on any atom is 0.261 e. The van der Waals surface area contributed by atoms with Gasteiger partial charge in [-0.3, -0.25) is 9.59 Å². The van der Waals surface area contributed by atoms with Crippen LogP contribution in [0.25, 0.3) is 0 Å². The predicted molar refractivity (Wildman–Crippen MR) is 90.6 cm³/mol. The molecule has 24 heavy (non-hydrogen) atoms. The molecule has 2 aromatic carbocycles. The first kappa shape index (κ1) is 16.1. The summed E-state index contributed by atoms with van der Waals surface area (Å²) in [5.74, 6) is 0.297. The third-order valence-electron chi connectivity index (χ3n) is 4.12. The van der Waals surface area contributed by atoms with E-state index in [1.807, 2.05) is 49.4 Å². The lowest BCUT2D eigenvalue weighted by atomic mass is 9.97. The van der Waals surface area contributed by atoms with Gasteiger partial charge in [0.25, 0.3) is 5.91 Å². The Hall–Kier alpha value is -2.82. The molecule has 2 aromatic rings. The molecule has 1 N–H and O–H groups in total. The van der Waals surface area contributed by atoms with Crippen molar-refractivity contribution in [3.05, 3.63) is 65.7 Å². The summed E-state index contributed by atoms with van der Waals surface area (Å²) in [6.45, 7) is 2.79. The number of aryl methyl sites for hydroxylation is 1. The molecule has 5 nitrogen and oxygen atoms in total. The summed E-state index contributed by atoms with van der Waals surface area (Å²) in [5.41, 5.74) is 1.84. The van der Waals surface area contributed by atoms with E-state index >= 15 is 0 Å². The van der Waals surface area contributed by atoms with E-state index in [2.05, 4.69) is 5.32 Å². The van der Waals surface area contributed by atoms with Gasteiger partial charge in [-0.15, -0.1) is 0 Å². The minimum absolute atomic E-state index is 0.0837. The van der Waals surface area contributed by atoms with Gasteiger partial charge in [-0.2, -0.15) is 0 Å². The first-order chi connectivity index (χ1) is 11.7. The maximum atomic E-state index is 12.6. The van der Waals surface area contributed by atoms with Crippen molar-refractivity contribution >= 4 is 11.8 Å². The molecule has 0 spiro atoms. The van der Waals surface area contributed by atoms with Crippen LogP contribution in [0.4, 0.5) is 0 Å². The van der Waals surface area contributed by atoms with Crippen molar-refractivity contribution in [3.63, 3.8) is 0 Å². The molecule has 5 heteroatoms. The Morgan fingerprint density at radius 3 is 2.62 bits per heavy atom. The van der Waals surface area contributed by atoms with Crippen molar-refractivity contribution in [2.24, 2.45) is 0 Å². The molecule has 1 aliphatic rings. The summed E-state index contributed by atoms with van der Waals surface area (Å²) in [6.07, 6.45) is 0. The number of benzene rings is 2. The van der Waals surface area contributed by atoms with Crippen LogP contribution in [-0.2, 0) is 9.59 Å². The molecule has 1 atom stereocenters. The van der Waals surface area contributed by atoms with Gasteiger partial charge in [0.05, 0.1) is 0 Å². The summed E-state index contributed by atoms with van der Waals surface area (Å²) in [6, 6.07) is 16.2. The van der Waals surface area contributed by atoms with E-state index in [4.69, 9.17) is 4.74 Å². The molecular formula is C19H20N2O3. The second-order valence-corrected chi connectivity index (χ2v) is 5.74. The van der Waals surface area contributed by atoms with Crippen LogP contribution < -0.4 is 10.1 Å². The molecule has 1 heterocycles. The number of piperazine rings is 1. The quantitative estimate of drug-likeness (QED) is 0.937. The van der Waals surface area contributed by atoms with Gasteiger partial charge in [0, 0.05) is 13.1 Å². The number of hydrogen-bond donors (Lipinski definition) is 1. The third-order valence-corrected chi connectivity index (χ3v) is 4.12. The number of nitrogens with one attached hydrogen (secondary N) is 1. The van der Waals surface area contributed by atoms with Crippen molar-refractivity contribution in [2.75, 3.05) is 19.7 Å². The molecule has 124 valence electrons. The molecule has 0 aromatic heterocycles. The lowest BCUT2D eigenvalue weighted by Gasteiger charge is -2.35. The number of amides is 2. The number of rotatable bonds is 4. The Kier molecular flexibility index (Phi) is 4.79. The molecule has 0 aliphatic carbocycles. The lowest BCUT2D eigenvalue weighted by Crippen LogP contribution is -2.53. The topological polar surface area (TPSA) is 58.6 Å². The van der Waals surface area contributed by atoms with Gasteiger partial charge in [-0.05, 0) is 30.2 Å². The van der Waals surface area contributed by atoms with E-state index in [1.165, 1.54) is 0 Å². The van der Waals surface area contributed by atoms with Crippen molar-refractivity contribution in [1.82, 2.24) is 10.2 Å². The van der Waals surface area contributed by atoms with Gasteiger partial charge in [0.1, 0.15) is 11.8 Å². The van der Waals surface area contributed by atoms with Crippen molar-refractivity contribution in [3.8, 4) is 5.75 Å². The van der Waals surface area contributed by atoms with E-state index < -0.39 is 6.04 Å². The van der Waals surface area contributed by atoms with E-state index in [-0.39, 0.29) is 18.4 Å². The van der Waals surface area contributed by atoms with Crippen LogP contribution in [0.15, 0.2) is 54.6 Å². The van der Waals surface area contributed by atoms with Gasteiger partial charge in [0.2, 0.25) is 5.91 Å². The average Bonchev–Trinajstić information content (AvgIpc) is 2.61. The van der Waals surface area contributed by atoms with Gasteiger partial charge in [0.15, 0.2) is 6.61 Å². The molecule has 1 unspecified atom stereocenters. The van der Waals surface area contributed by atoms with Gasteiger partial charge in [-0.1, -0.05) is 42.5 Å². The number of para-hydroxylation sites is 1. The highest BCUT2D eigenvalue weighted by Crippen LogP contribution is 2.26. The van der Waals surface area contributed by atoms with Crippen LogP contribution >= 0.6 is 0 Å². The van der Waals surface area contributed by atoms with Crippen LogP contribution in [0.1, 0.15) is 17.2 Å². The van der Waals surface area contributed by atoms with Crippen LogP contribution in [-0.4, -0.2) is 36.4 Å². The lowest BCUT2D eigenvalue weighted by molar-refractivity contribution is -0.145. The van der Waals surface area contributed by atoms with E-state index in [1.54, 1.807) is 17.0 Å². The van der Waals surface area contributed by atoms with Crippen LogP contribution in [0.2, 0.25) is 0 Å². The Labute approximate surface area is 141 Å². The SMILES string of the molecule is Cc1ccccc1C1C(=O)NCCN1C(=O)COc1ccccc1. The van der Waals surface area contributed by atoms with E-state index in [0.29, 0.717) is 18.8 Å². The van der Waals surface area contributed by atoms with Gasteiger partial charge in [-0.25, -0.2) is 0 Å². The highest BCUT2D eigenvalue weighted by molar-refractivity contribution is 5.90. The second kappa shape index (κ2) is 7.17. The highest BCUT2D eigenvalue weighted by Gasteiger charge is 2.35. The zero-order valence-electron chi connectivity index (χ0n) is 13.6. The summed E-state index contributed by atoms with van der Waals surface area (Å²) in [7, 11) is 0. The number of carbonyl (C=O) groups excluding carboxylic acids is 2. The summed E-state index contributed by atoms with van der Waals surface area (Å²) in [4.78, 5) is 26.6. The highest BCUT2D eigenvalue weighted by atomic mass is 16.5. The summed E-state index contributed by atoms with van der Waals surface area (Å²) < 4.78 is 5.55. The van der Waals surface area contributed by atoms with Crippen LogP contribution in [0.3, 0.4) is 0 Å². The first-order valence-electron chi connectivity index (χ1n) is 7.97. The van der Waals surface area contributed by atoms with Crippen LogP contribution in [0.5, 0.6) is 5.75 Å². The molecule has 0 radical (unpaired) electrons. The minimum Gasteiger partial charge on any atom is -0.484 e. The Balaban J connectivity index is 1.77. The van der Waals surface area contributed by atoms with Gasteiger partial charge < -0.3 is 15.0 Å². The standard InChI is InChI=1S/C19H20N2O3/c1-14-7-5-6-10-16(14)18-19(23)20-11-12-21(18)17(22)13-24-15-8-3-2-4-9-15/h2-10,18H,11-13H2,1H3,(H,20,23). The van der Waals surface area contributed by atoms with Gasteiger partial charge >= 0.3 is 0 Å². The fraction of sp³-hybridized carbons (Fsp3) is 0.263. The van der Waals surface area contributed by atoms with Crippen LogP contribution in [0, 0.1) is 6.92 Å². The Bertz CT molecular complexity index is 730. The molecule has 2 amide bonds. The fourth-order valence-corrected chi connectivity index (χ4v) is 2.88. The van der Waals surface area contributed by atoms with Crippen molar-refractivity contribution in [1.29, 1.82) is 0 Å². The molecular weight excluding hydrogens is 304 g/mol. The molecule has 0 bridgehead atoms. The maximum absolute atomic E-state index is 12.6. The van der Waals surface area contributed by atoms with Crippen molar-refractivity contribution in [2.45, 2.75) is 13.0 Å². The Morgan fingerprint density at radius 1 is 1.17 bits per heavy atom. The largest absolute Gasteiger partial charge is 0.484 e. The predicted octanol–water partition coefficient (Wildman–Crippen LogP) is 2.07. The monoisotopic (exact) mass is 324 g/mol. The normalized spacial score (nSPS) is 17.3. The molecule has 0 saturated carbocycles. The third kappa shape index (κ3) is 3.40. The average molecular weight is 324 g/mol. The minimum atomic E-state index is -0.605. The Morgan fingerprint density at radius 2 is 1.88 bits per heavy atom. The molecule has 1 fully saturated rings. The van der Waals surface area contributed by atoms with E-state index in [0.717, 1.165) is 11.1 Å². The summed E-state index contributed by atoms with van der Waals surface area (Å²) in [5, 5.41) is 2.84.